The molecule has 2 aliphatic heterocycles. The van der Waals surface area contributed by atoms with Crippen LogP contribution in [-0.2, 0) is 26.1 Å². The number of fused-ring (bicyclic) bond motifs is 4. The predicted octanol–water partition coefficient (Wildman–Crippen LogP) is 2.56. The number of benzene rings is 1. The summed E-state index contributed by atoms with van der Waals surface area (Å²) in [7, 11) is 0. The molecule has 0 aliphatic carbocycles. The van der Waals surface area contributed by atoms with Crippen LogP contribution in [-0.4, -0.2) is 27.5 Å². The standard InChI is InChI=1S/C18H19N5S/c19-16-15-13-6-8-22(10-12-4-2-1-3-5-12)11-14(13)24-17(15)21-18-20-7-9-23(16)18/h1-5,19H,6-11H2,(H,20,21). The highest BCUT2D eigenvalue weighted by Gasteiger charge is 2.25. The molecule has 0 radical (unpaired) electrons. The third-order valence-corrected chi connectivity index (χ3v) is 6.07. The average Bonchev–Trinajstić information content (AvgIpc) is 3.20. The molecule has 0 saturated heterocycles. The van der Waals surface area contributed by atoms with E-state index < -0.39 is 0 Å². The zero-order chi connectivity index (χ0) is 16.1. The topological polar surface area (TPSA) is 56.9 Å². The van der Waals surface area contributed by atoms with Crippen LogP contribution in [0.5, 0.6) is 0 Å². The molecule has 24 heavy (non-hydrogen) atoms. The van der Waals surface area contributed by atoms with Gasteiger partial charge in [-0.1, -0.05) is 30.3 Å². The van der Waals surface area contributed by atoms with E-state index in [9.17, 15) is 0 Å². The minimum Gasteiger partial charge on any atom is -0.354 e. The second-order valence-corrected chi connectivity index (χ2v) is 7.58. The highest BCUT2D eigenvalue weighted by Crippen LogP contribution is 2.33. The molecule has 3 aromatic rings. The van der Waals surface area contributed by atoms with Gasteiger partial charge in [-0.25, -0.2) is 4.98 Å². The number of nitrogens with zero attached hydrogens (tertiary/aromatic N) is 3. The summed E-state index contributed by atoms with van der Waals surface area (Å²) in [5.74, 6) is 0.854. The number of hydrogen-bond donors (Lipinski definition) is 2. The maximum absolute atomic E-state index is 8.58. The summed E-state index contributed by atoms with van der Waals surface area (Å²) in [6.45, 7) is 4.73. The number of hydrogen-bond acceptors (Lipinski definition) is 5. The Hall–Kier alpha value is -2.18. The van der Waals surface area contributed by atoms with E-state index >= 15 is 0 Å². The van der Waals surface area contributed by atoms with Gasteiger partial charge in [-0.2, -0.15) is 0 Å². The van der Waals surface area contributed by atoms with Crippen LogP contribution in [0.25, 0.3) is 10.2 Å². The minimum absolute atomic E-state index is 0.633. The first-order valence-corrected chi connectivity index (χ1v) is 9.21. The molecule has 0 bridgehead atoms. The summed E-state index contributed by atoms with van der Waals surface area (Å²) in [4.78, 5) is 9.67. The van der Waals surface area contributed by atoms with Crippen molar-refractivity contribution in [2.24, 2.45) is 0 Å². The van der Waals surface area contributed by atoms with E-state index in [1.54, 1.807) is 11.3 Å². The van der Waals surface area contributed by atoms with Gasteiger partial charge in [-0.3, -0.25) is 14.9 Å². The molecule has 5 nitrogen and oxygen atoms in total. The smallest absolute Gasteiger partial charge is 0.205 e. The molecule has 5 rings (SSSR count). The lowest BCUT2D eigenvalue weighted by atomic mass is 10.0. The first-order chi connectivity index (χ1) is 11.8. The maximum Gasteiger partial charge on any atom is 0.205 e. The SMILES string of the molecule is N=c1c2c3c(sc2nc2n1CCN2)CN(Cc1ccccc1)CC3. The Kier molecular flexibility index (Phi) is 3.21. The molecular weight excluding hydrogens is 318 g/mol. The Morgan fingerprint density at radius 1 is 1.21 bits per heavy atom. The van der Waals surface area contributed by atoms with E-state index in [4.69, 9.17) is 10.4 Å². The number of aromatic nitrogens is 2. The van der Waals surface area contributed by atoms with Gasteiger partial charge in [0.15, 0.2) is 0 Å². The number of anilines is 1. The molecule has 2 N–H and O–H groups in total. The molecule has 0 atom stereocenters. The summed E-state index contributed by atoms with van der Waals surface area (Å²) in [6.07, 6.45) is 1.02. The lowest BCUT2D eigenvalue weighted by molar-refractivity contribution is 0.249. The monoisotopic (exact) mass is 337 g/mol. The van der Waals surface area contributed by atoms with Gasteiger partial charge in [-0.05, 0) is 17.5 Å². The molecule has 122 valence electrons. The number of thiophene rings is 1. The van der Waals surface area contributed by atoms with E-state index in [1.165, 1.54) is 16.0 Å². The zero-order valence-corrected chi connectivity index (χ0v) is 14.2. The molecule has 6 heteroatoms. The minimum atomic E-state index is 0.633. The van der Waals surface area contributed by atoms with Gasteiger partial charge in [-0.15, -0.1) is 11.3 Å². The van der Waals surface area contributed by atoms with E-state index in [0.717, 1.165) is 55.3 Å². The lowest BCUT2D eigenvalue weighted by Crippen LogP contribution is -2.30. The van der Waals surface area contributed by atoms with Crippen LogP contribution in [0.15, 0.2) is 30.3 Å². The Labute approximate surface area is 144 Å². The number of nitrogens with one attached hydrogen (secondary N) is 2. The summed E-state index contributed by atoms with van der Waals surface area (Å²) in [5, 5.41) is 13.0. The zero-order valence-electron chi connectivity index (χ0n) is 13.4. The van der Waals surface area contributed by atoms with Crippen LogP contribution in [0.2, 0.25) is 0 Å². The molecule has 0 unspecified atom stereocenters. The van der Waals surface area contributed by atoms with E-state index in [-0.39, 0.29) is 0 Å². The molecule has 2 aliphatic rings. The van der Waals surface area contributed by atoms with E-state index in [2.05, 4.69) is 40.5 Å². The summed E-state index contributed by atoms with van der Waals surface area (Å²) in [5.41, 5.74) is 3.35. The van der Waals surface area contributed by atoms with Crippen LogP contribution in [0.1, 0.15) is 16.0 Å². The van der Waals surface area contributed by atoms with Gasteiger partial charge in [0.25, 0.3) is 0 Å². The van der Waals surface area contributed by atoms with Crippen LogP contribution < -0.4 is 10.8 Å². The van der Waals surface area contributed by atoms with Gasteiger partial charge < -0.3 is 5.32 Å². The molecular formula is C18H19N5S. The van der Waals surface area contributed by atoms with Crippen LogP contribution in [0.3, 0.4) is 0 Å². The van der Waals surface area contributed by atoms with Gasteiger partial charge in [0.05, 0.1) is 5.39 Å². The lowest BCUT2D eigenvalue weighted by Gasteiger charge is -2.26. The molecule has 0 fully saturated rings. The second kappa shape index (κ2) is 5.43. The Morgan fingerprint density at radius 3 is 2.96 bits per heavy atom. The highest BCUT2D eigenvalue weighted by atomic mass is 32.1. The fourth-order valence-electron chi connectivity index (χ4n) is 3.77. The molecule has 0 spiro atoms. The van der Waals surface area contributed by atoms with Crippen molar-refractivity contribution in [2.75, 3.05) is 18.4 Å². The van der Waals surface area contributed by atoms with Crippen molar-refractivity contribution in [3.63, 3.8) is 0 Å². The van der Waals surface area contributed by atoms with E-state index in [0.29, 0.717) is 5.49 Å². The molecule has 0 saturated carbocycles. The van der Waals surface area contributed by atoms with Crippen molar-refractivity contribution >= 4 is 27.5 Å². The normalized spacial score (nSPS) is 16.8. The molecule has 1 aromatic carbocycles. The third kappa shape index (κ3) is 2.17. The highest BCUT2D eigenvalue weighted by molar-refractivity contribution is 7.18. The van der Waals surface area contributed by atoms with Crippen molar-refractivity contribution in [3.05, 3.63) is 51.8 Å². The van der Waals surface area contributed by atoms with Crippen molar-refractivity contribution in [2.45, 2.75) is 26.1 Å². The van der Waals surface area contributed by atoms with Crippen LogP contribution in [0.4, 0.5) is 5.95 Å². The van der Waals surface area contributed by atoms with Gasteiger partial charge in [0.1, 0.15) is 10.3 Å². The van der Waals surface area contributed by atoms with Gasteiger partial charge in [0, 0.05) is 37.6 Å². The fourth-order valence-corrected chi connectivity index (χ4v) is 5.03. The third-order valence-electron chi connectivity index (χ3n) is 4.95. The fraction of sp³-hybridized carbons (Fsp3) is 0.333. The molecule has 0 amide bonds. The quantitative estimate of drug-likeness (QED) is 0.756. The predicted molar refractivity (Wildman–Crippen MR) is 96.2 cm³/mol. The van der Waals surface area contributed by atoms with Crippen molar-refractivity contribution in [1.29, 1.82) is 5.41 Å². The molecule has 2 aromatic heterocycles. The van der Waals surface area contributed by atoms with E-state index in [1.807, 2.05) is 4.57 Å². The van der Waals surface area contributed by atoms with Gasteiger partial charge >= 0.3 is 0 Å². The average molecular weight is 337 g/mol. The van der Waals surface area contributed by atoms with Crippen molar-refractivity contribution < 1.29 is 0 Å². The Morgan fingerprint density at radius 2 is 2.08 bits per heavy atom. The van der Waals surface area contributed by atoms with Crippen molar-refractivity contribution in [1.82, 2.24) is 14.5 Å². The summed E-state index contributed by atoms with van der Waals surface area (Å²) in [6, 6.07) is 10.7. The maximum atomic E-state index is 8.58. The Balaban J connectivity index is 1.51. The first kappa shape index (κ1) is 14.2. The van der Waals surface area contributed by atoms with Crippen molar-refractivity contribution in [3.8, 4) is 0 Å². The summed E-state index contributed by atoms with van der Waals surface area (Å²) < 4.78 is 2.01. The van der Waals surface area contributed by atoms with Crippen LogP contribution >= 0.6 is 11.3 Å². The first-order valence-electron chi connectivity index (χ1n) is 8.39. The Bertz CT molecular complexity index is 972. The van der Waals surface area contributed by atoms with Crippen LogP contribution in [0, 0.1) is 5.41 Å². The second-order valence-electron chi connectivity index (χ2n) is 6.49. The van der Waals surface area contributed by atoms with Gasteiger partial charge in [0.2, 0.25) is 5.95 Å². The number of rotatable bonds is 2. The molecule has 4 heterocycles. The largest absolute Gasteiger partial charge is 0.354 e. The summed E-state index contributed by atoms with van der Waals surface area (Å²) >= 11 is 1.77.